The number of methoxy groups -OCH3 is 1. The fourth-order valence-electron chi connectivity index (χ4n) is 2.81. The van der Waals surface area contributed by atoms with Gasteiger partial charge in [-0.3, -0.25) is 4.72 Å². The number of allylic oxidation sites excluding steroid dienone is 2. The van der Waals surface area contributed by atoms with Gasteiger partial charge in [-0.15, -0.1) is 0 Å². The summed E-state index contributed by atoms with van der Waals surface area (Å²) in [4.78, 5) is 15.3. The molecule has 2 N–H and O–H groups in total. The van der Waals surface area contributed by atoms with E-state index in [-0.39, 0.29) is 11.2 Å². The van der Waals surface area contributed by atoms with Crippen LogP contribution in [0.15, 0.2) is 41.6 Å². The van der Waals surface area contributed by atoms with Gasteiger partial charge in [-0.25, -0.2) is 14.2 Å². The van der Waals surface area contributed by atoms with Crippen LogP contribution in [0, 0.1) is 5.92 Å². The molecule has 2 rings (SSSR count). The fourth-order valence-corrected chi connectivity index (χ4v) is 4.28. The molecule has 0 amide bonds. The molecule has 35 heavy (non-hydrogen) atoms. The average Bonchev–Trinajstić information content (AvgIpc) is 2.84. The molecule has 2 unspecified atom stereocenters. The van der Waals surface area contributed by atoms with Gasteiger partial charge in [-0.05, 0) is 56.7 Å². The molecule has 0 saturated heterocycles. The first-order valence-electron chi connectivity index (χ1n) is 11.7. The summed E-state index contributed by atoms with van der Waals surface area (Å²) in [7, 11) is 0.278. The first-order chi connectivity index (χ1) is 16.7. The molecule has 0 bridgehead atoms. The van der Waals surface area contributed by atoms with Gasteiger partial charge in [0.05, 0.1) is 17.7 Å². The van der Waals surface area contributed by atoms with Crippen LogP contribution in [0.3, 0.4) is 0 Å². The molecule has 0 fully saturated rings. The van der Waals surface area contributed by atoms with Crippen molar-refractivity contribution in [1.82, 2.24) is 15.0 Å². The van der Waals surface area contributed by atoms with Gasteiger partial charge < -0.3 is 14.8 Å². The van der Waals surface area contributed by atoms with Gasteiger partial charge in [0.2, 0.25) is 5.95 Å². The van der Waals surface area contributed by atoms with Crippen molar-refractivity contribution < 1.29 is 13.7 Å². The SMILES string of the molecule is C=C(C)S/C(=C(/Oc1ccc(NS(=O)C(C)C)nc1OC)C(C)CC)c1ccnc(NCCC)n1. The zero-order valence-corrected chi connectivity index (χ0v) is 23.3. The Labute approximate surface area is 216 Å². The Bertz CT molecular complexity index is 1060. The van der Waals surface area contributed by atoms with E-state index in [1.54, 1.807) is 18.3 Å². The Morgan fingerprint density at radius 1 is 1.20 bits per heavy atom. The van der Waals surface area contributed by atoms with Crippen molar-refractivity contribution in [3.05, 3.63) is 47.3 Å². The van der Waals surface area contributed by atoms with Crippen LogP contribution in [0.4, 0.5) is 11.8 Å². The molecule has 2 heterocycles. The summed E-state index contributed by atoms with van der Waals surface area (Å²) in [5, 5.41) is 3.19. The summed E-state index contributed by atoms with van der Waals surface area (Å²) in [6, 6.07) is 5.37. The molecule has 8 nitrogen and oxygen atoms in total. The van der Waals surface area contributed by atoms with Crippen LogP contribution < -0.4 is 19.5 Å². The van der Waals surface area contributed by atoms with Gasteiger partial charge in [0.25, 0.3) is 5.88 Å². The van der Waals surface area contributed by atoms with E-state index < -0.39 is 11.0 Å². The van der Waals surface area contributed by atoms with Crippen molar-refractivity contribution in [3.63, 3.8) is 0 Å². The molecule has 2 aromatic rings. The first kappa shape index (κ1) is 28.6. The van der Waals surface area contributed by atoms with E-state index in [9.17, 15) is 4.21 Å². The second kappa shape index (κ2) is 14.1. The number of hydrogen-bond donors (Lipinski definition) is 2. The van der Waals surface area contributed by atoms with Crippen LogP contribution in [0.1, 0.15) is 60.1 Å². The molecular weight excluding hydrogens is 482 g/mol. The predicted molar refractivity (Wildman–Crippen MR) is 148 cm³/mol. The smallest absolute Gasteiger partial charge is 0.259 e. The number of nitrogens with zero attached hydrogens (tertiary/aromatic N) is 3. The highest BCUT2D eigenvalue weighted by atomic mass is 32.2. The third kappa shape index (κ3) is 8.54. The zero-order valence-electron chi connectivity index (χ0n) is 21.7. The quantitative estimate of drug-likeness (QED) is 0.283. The number of rotatable bonds is 14. The highest BCUT2D eigenvalue weighted by Gasteiger charge is 2.22. The van der Waals surface area contributed by atoms with Gasteiger partial charge in [-0.1, -0.05) is 39.1 Å². The summed E-state index contributed by atoms with van der Waals surface area (Å²) in [5.74, 6) is 2.60. The highest BCUT2D eigenvalue weighted by molar-refractivity contribution is 8.11. The Kier molecular flexibility index (Phi) is 11.5. The summed E-state index contributed by atoms with van der Waals surface area (Å²) in [6.07, 6.45) is 3.57. The number of nitrogens with one attached hydrogen (secondary N) is 2. The molecule has 0 aliphatic heterocycles. The molecule has 2 aromatic heterocycles. The standard InChI is InChI=1S/C25H37N5O3S2/c1-9-14-26-25-27-15-13-19(28-25)23(34-16(3)4)22(18(7)10-2)33-20-11-12-21(29-24(20)32-8)30-35(31)17(5)6/h11-13,15,17-18H,3,9-10,14H2,1-2,4-8H3,(H,29,30)(H,26,27,28)/b23-22+. The van der Waals surface area contributed by atoms with Crippen LogP contribution in [0.2, 0.25) is 0 Å². The minimum atomic E-state index is -1.25. The number of ether oxygens (including phenoxy) is 2. The monoisotopic (exact) mass is 519 g/mol. The number of thioether (sulfide) groups is 1. The normalized spacial score (nSPS) is 13.6. The fraction of sp³-hybridized carbons (Fsp3) is 0.480. The lowest BCUT2D eigenvalue weighted by molar-refractivity contribution is 0.320. The lowest BCUT2D eigenvalue weighted by atomic mass is 10.1. The Hall–Kier alpha value is -2.59. The first-order valence-corrected chi connectivity index (χ1v) is 13.8. The largest absolute Gasteiger partial charge is 0.478 e. The Balaban J connectivity index is 2.55. The second-order valence-corrected chi connectivity index (χ2v) is 11.3. The van der Waals surface area contributed by atoms with E-state index in [1.165, 1.54) is 18.9 Å². The van der Waals surface area contributed by atoms with Gasteiger partial charge >= 0.3 is 0 Å². The lowest BCUT2D eigenvalue weighted by Gasteiger charge is -2.21. The summed E-state index contributed by atoms with van der Waals surface area (Å²) in [5.41, 5.74) is 0.749. The molecule has 0 radical (unpaired) electrons. The summed E-state index contributed by atoms with van der Waals surface area (Å²) in [6.45, 7) is 16.9. The van der Waals surface area contributed by atoms with Gasteiger partial charge in [-0.2, -0.15) is 4.98 Å². The van der Waals surface area contributed by atoms with Gasteiger partial charge in [0.15, 0.2) is 5.75 Å². The topological polar surface area (TPSA) is 98.3 Å². The average molecular weight is 520 g/mol. The van der Waals surface area contributed by atoms with Crippen molar-refractivity contribution in [1.29, 1.82) is 0 Å². The van der Waals surface area contributed by atoms with E-state index >= 15 is 0 Å². The minimum Gasteiger partial charge on any atom is -0.478 e. The van der Waals surface area contributed by atoms with Crippen molar-refractivity contribution in [2.24, 2.45) is 5.92 Å². The maximum absolute atomic E-state index is 12.2. The second-order valence-electron chi connectivity index (χ2n) is 8.25. The van der Waals surface area contributed by atoms with Crippen molar-refractivity contribution in [3.8, 4) is 11.6 Å². The third-order valence-electron chi connectivity index (χ3n) is 4.85. The van der Waals surface area contributed by atoms with E-state index in [1.807, 2.05) is 26.8 Å². The van der Waals surface area contributed by atoms with Crippen LogP contribution >= 0.6 is 11.8 Å². The number of hydrogen-bond acceptors (Lipinski definition) is 8. The Morgan fingerprint density at radius 3 is 2.54 bits per heavy atom. The molecule has 10 heteroatoms. The minimum absolute atomic E-state index is 0.0510. The molecule has 0 aliphatic rings. The number of aromatic nitrogens is 3. The summed E-state index contributed by atoms with van der Waals surface area (Å²) >= 11 is 1.51. The van der Waals surface area contributed by atoms with Gasteiger partial charge in [0.1, 0.15) is 22.6 Å². The van der Waals surface area contributed by atoms with E-state index in [2.05, 4.69) is 47.4 Å². The van der Waals surface area contributed by atoms with Crippen LogP contribution in [0.5, 0.6) is 11.6 Å². The Morgan fingerprint density at radius 2 is 1.94 bits per heavy atom. The van der Waals surface area contributed by atoms with Crippen molar-refractivity contribution in [2.75, 3.05) is 23.7 Å². The van der Waals surface area contributed by atoms with Crippen LogP contribution in [-0.4, -0.2) is 38.1 Å². The molecule has 192 valence electrons. The van der Waals surface area contributed by atoms with Crippen molar-refractivity contribution >= 4 is 39.4 Å². The number of anilines is 2. The molecule has 0 aromatic carbocycles. The van der Waals surface area contributed by atoms with E-state index in [0.29, 0.717) is 23.4 Å². The van der Waals surface area contributed by atoms with Crippen molar-refractivity contribution in [2.45, 2.75) is 59.6 Å². The molecular formula is C25H37N5O3S2. The summed E-state index contributed by atoms with van der Waals surface area (Å²) < 4.78 is 27.1. The molecule has 2 atom stereocenters. The van der Waals surface area contributed by atoms with E-state index in [0.717, 1.165) is 40.6 Å². The maximum atomic E-state index is 12.2. The predicted octanol–water partition coefficient (Wildman–Crippen LogP) is 6.25. The van der Waals surface area contributed by atoms with Gasteiger partial charge in [0, 0.05) is 23.9 Å². The van der Waals surface area contributed by atoms with Crippen LogP contribution in [0.25, 0.3) is 4.91 Å². The van der Waals surface area contributed by atoms with Crippen LogP contribution in [-0.2, 0) is 11.0 Å². The third-order valence-corrected chi connectivity index (χ3v) is 7.08. The lowest BCUT2D eigenvalue weighted by Crippen LogP contribution is -2.16. The van der Waals surface area contributed by atoms with E-state index in [4.69, 9.17) is 14.5 Å². The molecule has 0 aliphatic carbocycles. The highest BCUT2D eigenvalue weighted by Crippen LogP contribution is 2.40. The molecule has 0 saturated carbocycles. The zero-order chi connectivity index (χ0) is 26.0. The maximum Gasteiger partial charge on any atom is 0.259 e. The molecule has 0 spiro atoms. The number of pyridine rings is 1.